The second-order valence-corrected chi connectivity index (χ2v) is 3.51. The molecule has 52 valence electrons. The largest absolute Gasteiger partial charge is 0.346 e. The molecule has 3 nitrogen and oxygen atoms in total. The highest BCUT2D eigenvalue weighted by Gasteiger charge is 2.19. The third-order valence-corrected chi connectivity index (χ3v) is 2.72. The van der Waals surface area contributed by atoms with Gasteiger partial charge in [-0.3, -0.25) is 4.21 Å². The Bertz CT molecular complexity index is 277. The maximum absolute atomic E-state index is 11.1. The molecular formula is C6H6N2OS. The second kappa shape index (κ2) is 2.05. The molecule has 0 fully saturated rings. The van der Waals surface area contributed by atoms with Crippen molar-refractivity contribution in [2.75, 3.05) is 5.75 Å². The van der Waals surface area contributed by atoms with E-state index in [-0.39, 0.29) is 0 Å². The summed E-state index contributed by atoms with van der Waals surface area (Å²) in [6.45, 7) is 0. The van der Waals surface area contributed by atoms with Gasteiger partial charge in [-0.1, -0.05) is 0 Å². The van der Waals surface area contributed by atoms with Gasteiger partial charge in [-0.15, -0.1) is 0 Å². The minimum Gasteiger partial charge on any atom is -0.346 e. The first-order chi connectivity index (χ1) is 4.88. The summed E-state index contributed by atoms with van der Waals surface area (Å²) in [5, 5.41) is 2.92. The zero-order valence-electron chi connectivity index (χ0n) is 5.20. The van der Waals surface area contributed by atoms with Crippen LogP contribution in [0.2, 0.25) is 0 Å². The fraction of sp³-hybridized carbons (Fsp3) is 0.167. The fourth-order valence-electron chi connectivity index (χ4n) is 0.942. The third kappa shape index (κ3) is 0.724. The summed E-state index contributed by atoms with van der Waals surface area (Å²) >= 11 is 0. The average Bonchev–Trinajstić information content (AvgIpc) is 2.34. The fourth-order valence-corrected chi connectivity index (χ4v) is 2.01. The van der Waals surface area contributed by atoms with Gasteiger partial charge in [-0.05, 0) is 6.08 Å². The number of aliphatic imine (C=N–C) groups is 1. The topological polar surface area (TPSA) is 41.5 Å². The van der Waals surface area contributed by atoms with Gasteiger partial charge in [0.15, 0.2) is 0 Å². The molecular weight excluding hydrogens is 148 g/mol. The molecule has 1 N–H and O–H groups in total. The van der Waals surface area contributed by atoms with E-state index < -0.39 is 10.8 Å². The number of nitrogens with one attached hydrogen (secondary N) is 1. The van der Waals surface area contributed by atoms with E-state index in [0.717, 1.165) is 10.6 Å². The van der Waals surface area contributed by atoms with Crippen LogP contribution in [0.25, 0.3) is 0 Å². The van der Waals surface area contributed by atoms with Crippen LogP contribution in [0.1, 0.15) is 0 Å². The van der Waals surface area contributed by atoms with E-state index in [0.29, 0.717) is 5.75 Å². The normalized spacial score (nSPS) is 28.6. The van der Waals surface area contributed by atoms with Crippen LogP contribution in [0.3, 0.4) is 0 Å². The van der Waals surface area contributed by atoms with E-state index >= 15 is 0 Å². The molecule has 0 radical (unpaired) electrons. The van der Waals surface area contributed by atoms with E-state index in [4.69, 9.17) is 0 Å². The van der Waals surface area contributed by atoms with Crippen molar-refractivity contribution in [2.24, 2.45) is 4.99 Å². The lowest BCUT2D eigenvalue weighted by atomic mass is 10.4. The summed E-state index contributed by atoms with van der Waals surface area (Å²) < 4.78 is 11.1. The van der Waals surface area contributed by atoms with Gasteiger partial charge in [-0.2, -0.15) is 0 Å². The number of hydrogen-bond acceptors (Lipinski definition) is 3. The van der Waals surface area contributed by atoms with Crippen molar-refractivity contribution >= 4 is 17.1 Å². The number of nitrogens with zero attached hydrogens (tertiary/aromatic N) is 1. The van der Waals surface area contributed by atoms with Crippen molar-refractivity contribution in [3.8, 4) is 0 Å². The quantitative estimate of drug-likeness (QED) is 0.538. The second-order valence-electron chi connectivity index (χ2n) is 2.05. The Morgan fingerprint density at radius 1 is 1.70 bits per heavy atom. The van der Waals surface area contributed by atoms with Gasteiger partial charge < -0.3 is 5.32 Å². The first kappa shape index (κ1) is 5.85. The Balaban J connectivity index is 2.46. The molecule has 0 aromatic carbocycles. The third-order valence-electron chi connectivity index (χ3n) is 1.44. The van der Waals surface area contributed by atoms with Crippen LogP contribution in [0.15, 0.2) is 27.9 Å². The van der Waals surface area contributed by atoms with Gasteiger partial charge in [0.05, 0.1) is 27.7 Å². The Morgan fingerprint density at radius 3 is 3.40 bits per heavy atom. The van der Waals surface area contributed by atoms with Crippen LogP contribution >= 0.6 is 0 Å². The lowest BCUT2D eigenvalue weighted by Gasteiger charge is -2.05. The Kier molecular flexibility index (Phi) is 1.20. The van der Waals surface area contributed by atoms with Crippen LogP contribution in [-0.4, -0.2) is 16.3 Å². The average molecular weight is 154 g/mol. The lowest BCUT2D eigenvalue weighted by Crippen LogP contribution is -2.14. The van der Waals surface area contributed by atoms with Gasteiger partial charge in [0, 0.05) is 12.0 Å². The zero-order valence-corrected chi connectivity index (χ0v) is 6.02. The molecule has 2 rings (SSSR count). The molecule has 0 aromatic heterocycles. The van der Waals surface area contributed by atoms with Crippen molar-refractivity contribution in [2.45, 2.75) is 0 Å². The molecule has 2 heterocycles. The summed E-state index contributed by atoms with van der Waals surface area (Å²) in [6.07, 6.45) is 5.16. The molecule has 1 atom stereocenters. The van der Waals surface area contributed by atoms with E-state index in [9.17, 15) is 4.21 Å². The van der Waals surface area contributed by atoms with E-state index in [1.807, 2.05) is 6.08 Å². The maximum Gasteiger partial charge on any atom is 0.0923 e. The van der Waals surface area contributed by atoms with Crippen molar-refractivity contribution in [1.29, 1.82) is 0 Å². The molecule has 2 aliphatic heterocycles. The summed E-state index contributed by atoms with van der Waals surface area (Å²) in [5.74, 6) is 0.623. The van der Waals surface area contributed by atoms with Crippen LogP contribution in [0, 0.1) is 0 Å². The van der Waals surface area contributed by atoms with Gasteiger partial charge >= 0.3 is 0 Å². The summed E-state index contributed by atoms with van der Waals surface area (Å²) in [6, 6.07) is 0. The van der Waals surface area contributed by atoms with Crippen molar-refractivity contribution in [3.63, 3.8) is 0 Å². The summed E-state index contributed by atoms with van der Waals surface area (Å²) in [4.78, 5) is 4.66. The number of hydrogen-bond donors (Lipinski definition) is 1. The monoisotopic (exact) mass is 154 g/mol. The van der Waals surface area contributed by atoms with Gasteiger partial charge in [0.25, 0.3) is 0 Å². The van der Waals surface area contributed by atoms with E-state index in [2.05, 4.69) is 10.3 Å². The molecule has 0 saturated heterocycles. The highest BCUT2D eigenvalue weighted by Crippen LogP contribution is 2.20. The smallest absolute Gasteiger partial charge is 0.0923 e. The van der Waals surface area contributed by atoms with Crippen LogP contribution in [0.4, 0.5) is 0 Å². The minimum atomic E-state index is -0.847. The molecule has 10 heavy (non-hydrogen) atoms. The number of fused-ring (bicyclic) bond motifs is 1. The summed E-state index contributed by atoms with van der Waals surface area (Å²) in [7, 11) is -0.847. The van der Waals surface area contributed by atoms with E-state index in [1.165, 1.54) is 0 Å². The predicted molar refractivity (Wildman–Crippen MR) is 40.8 cm³/mol. The minimum absolute atomic E-state index is 0.623. The number of rotatable bonds is 0. The Morgan fingerprint density at radius 2 is 2.60 bits per heavy atom. The lowest BCUT2D eigenvalue weighted by molar-refractivity contribution is 0.689. The van der Waals surface area contributed by atoms with Gasteiger partial charge in [-0.25, -0.2) is 4.99 Å². The highest BCUT2D eigenvalue weighted by atomic mass is 32.2. The Labute approximate surface area is 61.0 Å². The van der Waals surface area contributed by atoms with Crippen LogP contribution < -0.4 is 5.32 Å². The van der Waals surface area contributed by atoms with Crippen molar-refractivity contribution in [3.05, 3.63) is 22.9 Å². The van der Waals surface area contributed by atoms with E-state index in [1.54, 1.807) is 12.5 Å². The molecule has 0 amide bonds. The van der Waals surface area contributed by atoms with Crippen molar-refractivity contribution in [1.82, 2.24) is 5.32 Å². The predicted octanol–water partition coefficient (Wildman–Crippen LogP) is 0.106. The molecule has 2 aliphatic rings. The summed E-state index contributed by atoms with van der Waals surface area (Å²) in [5.41, 5.74) is 0.952. The van der Waals surface area contributed by atoms with Crippen molar-refractivity contribution < 1.29 is 4.21 Å². The first-order valence-corrected chi connectivity index (χ1v) is 4.27. The first-order valence-electron chi connectivity index (χ1n) is 2.95. The SMILES string of the molecule is O=S1CC=C2NC=NC=C21. The molecule has 0 spiro atoms. The van der Waals surface area contributed by atoms with Crippen LogP contribution in [-0.2, 0) is 10.8 Å². The molecule has 1 unspecified atom stereocenters. The van der Waals surface area contributed by atoms with Gasteiger partial charge in [0.2, 0.25) is 0 Å². The van der Waals surface area contributed by atoms with Crippen LogP contribution in [0.5, 0.6) is 0 Å². The Hall–Kier alpha value is -0.900. The van der Waals surface area contributed by atoms with Gasteiger partial charge in [0.1, 0.15) is 0 Å². The molecule has 0 aromatic rings. The molecule has 4 heteroatoms. The standard InChI is InChI=1S/C6H6N2OS/c9-10-2-1-5-6(10)3-7-4-8-5/h1,3-4H,2H2,(H,7,8). The highest BCUT2D eigenvalue weighted by molar-refractivity contribution is 7.89. The molecule has 0 aliphatic carbocycles. The molecule has 0 saturated carbocycles. The zero-order chi connectivity index (χ0) is 6.97. The molecule has 0 bridgehead atoms. The maximum atomic E-state index is 11.1.